The molecule has 0 aromatic heterocycles. The SMILES string of the molecule is CCCOC(=O)c1ccc(O)cc1.O=C([O-])CN(CCN(CC(=O)[O-])CC(=O)[O-])CC(=O)[O-].[Na+].[Na+].[Na+].[Na+]. The largest absolute Gasteiger partial charge is 1.00 e. The van der Waals surface area contributed by atoms with Gasteiger partial charge in [0.25, 0.3) is 0 Å². The number of hydrogen-bond acceptors (Lipinski definition) is 13. The second-order valence-corrected chi connectivity index (χ2v) is 6.59. The number of carboxylic acid groups (broad SMARTS) is 4. The van der Waals surface area contributed by atoms with Gasteiger partial charge in [0, 0.05) is 39.3 Å². The molecular weight excluding hydrogens is 536 g/mol. The Balaban J connectivity index is -0.000000177. The van der Waals surface area contributed by atoms with Crippen LogP contribution in [0.2, 0.25) is 0 Å². The van der Waals surface area contributed by atoms with Gasteiger partial charge in [0.05, 0.1) is 36.0 Å². The Morgan fingerprint density at radius 2 is 1.03 bits per heavy atom. The second kappa shape index (κ2) is 27.8. The number of ether oxygens (including phenoxy) is 1. The molecule has 0 aliphatic heterocycles. The molecule has 1 aromatic rings. The number of carbonyl (C=O) groups excluding carboxylic acids is 5. The standard InChI is InChI=1S/C10H16N2O8.C10H12O3.4Na/c13-7(14)3-11(4-8(15)16)1-2-12(5-9(17)18)6-10(19)20;1-2-7-13-10(12)8-3-5-9(11)6-4-8;;;;/h1-6H2,(H,13,14)(H,15,16)(H,17,18)(H,19,20);3-6,11H,2,7H2,1H3;;;;/q;;4*+1/p-4. The quantitative estimate of drug-likeness (QED) is 0.166. The van der Waals surface area contributed by atoms with Crippen molar-refractivity contribution in [2.24, 2.45) is 0 Å². The third kappa shape index (κ3) is 27.6. The zero-order valence-corrected chi connectivity index (χ0v) is 29.9. The van der Waals surface area contributed by atoms with E-state index in [4.69, 9.17) is 9.84 Å². The number of carboxylic acids is 4. The minimum absolute atomic E-state index is 0. The first-order chi connectivity index (χ1) is 15.4. The summed E-state index contributed by atoms with van der Waals surface area (Å²) < 4.78 is 4.90. The van der Waals surface area contributed by atoms with Crippen LogP contribution in [0.25, 0.3) is 0 Å². The van der Waals surface area contributed by atoms with Gasteiger partial charge >= 0.3 is 124 Å². The number of aromatic hydroxyl groups is 1. The number of benzene rings is 1. The Labute approximate surface area is 303 Å². The summed E-state index contributed by atoms with van der Waals surface area (Å²) in [6.07, 6.45) is 0.809. The summed E-state index contributed by atoms with van der Waals surface area (Å²) in [7, 11) is 0. The maximum absolute atomic E-state index is 11.2. The van der Waals surface area contributed by atoms with E-state index in [1.165, 1.54) is 24.3 Å². The number of phenols is 1. The second-order valence-electron chi connectivity index (χ2n) is 6.59. The van der Waals surface area contributed by atoms with Gasteiger partial charge in [-0.15, -0.1) is 0 Å². The Hall–Kier alpha value is 0.290. The summed E-state index contributed by atoms with van der Waals surface area (Å²) in [5.41, 5.74) is 0.464. The van der Waals surface area contributed by atoms with E-state index in [-0.39, 0.29) is 143 Å². The molecule has 0 unspecified atom stereocenters. The van der Waals surface area contributed by atoms with Crippen molar-refractivity contribution in [2.45, 2.75) is 13.3 Å². The normalized spacial score (nSPS) is 9.16. The van der Waals surface area contributed by atoms with Crippen LogP contribution in [0, 0.1) is 0 Å². The first-order valence-electron chi connectivity index (χ1n) is 9.64. The van der Waals surface area contributed by atoms with Crippen molar-refractivity contribution in [1.82, 2.24) is 9.80 Å². The maximum Gasteiger partial charge on any atom is 1.00 e. The van der Waals surface area contributed by atoms with Crippen LogP contribution in [0.4, 0.5) is 0 Å². The third-order valence-electron chi connectivity index (χ3n) is 3.68. The first-order valence-corrected chi connectivity index (χ1v) is 9.64. The number of esters is 1. The Bertz CT molecular complexity index is 746. The van der Waals surface area contributed by atoms with Crippen LogP contribution < -0.4 is 139 Å². The molecule has 0 amide bonds. The summed E-state index contributed by atoms with van der Waals surface area (Å²) in [6, 6.07) is 5.99. The fourth-order valence-electron chi connectivity index (χ4n) is 2.32. The molecule has 0 aliphatic rings. The van der Waals surface area contributed by atoms with Crippen LogP contribution >= 0.6 is 0 Å². The average Bonchev–Trinajstić information content (AvgIpc) is 2.69. The van der Waals surface area contributed by atoms with E-state index in [9.17, 15) is 44.4 Å². The zero-order valence-electron chi connectivity index (χ0n) is 21.9. The van der Waals surface area contributed by atoms with E-state index < -0.39 is 50.1 Å². The number of hydrogen-bond donors (Lipinski definition) is 1. The van der Waals surface area contributed by atoms with Crippen molar-refractivity contribution in [3.63, 3.8) is 0 Å². The molecule has 0 heterocycles. The zero-order chi connectivity index (χ0) is 25.4. The number of rotatable bonds is 14. The van der Waals surface area contributed by atoms with Gasteiger partial charge in [-0.25, -0.2) is 4.79 Å². The molecule has 13 nitrogen and oxygen atoms in total. The van der Waals surface area contributed by atoms with Crippen LogP contribution in [-0.4, -0.2) is 90.6 Å². The fourth-order valence-corrected chi connectivity index (χ4v) is 2.32. The van der Waals surface area contributed by atoms with Gasteiger partial charge in [-0.2, -0.15) is 0 Å². The van der Waals surface area contributed by atoms with Gasteiger partial charge < -0.3 is 49.4 Å². The molecule has 0 atom stereocenters. The summed E-state index contributed by atoms with van der Waals surface area (Å²) in [5.74, 6) is -6.32. The van der Waals surface area contributed by atoms with Gasteiger partial charge in [-0.3, -0.25) is 9.80 Å². The topological polar surface area (TPSA) is 214 Å². The molecule has 37 heavy (non-hydrogen) atoms. The van der Waals surface area contributed by atoms with Gasteiger partial charge in [0.1, 0.15) is 5.75 Å². The predicted octanol–water partition coefficient (Wildman–Crippen LogP) is -17.4. The molecule has 1 rings (SSSR count). The molecule has 1 N–H and O–H groups in total. The van der Waals surface area contributed by atoms with Gasteiger partial charge in [0.2, 0.25) is 0 Å². The third-order valence-corrected chi connectivity index (χ3v) is 3.68. The van der Waals surface area contributed by atoms with Crippen LogP contribution in [0.5, 0.6) is 5.75 Å². The Kier molecular flexibility index (Phi) is 35.4. The minimum Gasteiger partial charge on any atom is -0.549 e. The summed E-state index contributed by atoms with van der Waals surface area (Å²) in [4.78, 5) is 54.6. The number of carbonyl (C=O) groups is 5. The Morgan fingerprint density at radius 3 is 1.30 bits per heavy atom. The number of phenolic OH excluding ortho intramolecular Hbond substituents is 1. The molecule has 0 fully saturated rings. The smallest absolute Gasteiger partial charge is 0.549 e. The van der Waals surface area contributed by atoms with E-state index >= 15 is 0 Å². The van der Waals surface area contributed by atoms with E-state index in [1.54, 1.807) is 0 Å². The molecule has 0 saturated heterocycles. The summed E-state index contributed by atoms with van der Waals surface area (Å²) in [6.45, 7) is -0.886. The molecule has 0 bridgehead atoms. The summed E-state index contributed by atoms with van der Waals surface area (Å²) >= 11 is 0. The predicted molar refractivity (Wildman–Crippen MR) is 102 cm³/mol. The van der Waals surface area contributed by atoms with Crippen molar-refractivity contribution in [2.75, 3.05) is 45.9 Å². The van der Waals surface area contributed by atoms with Crippen LogP contribution in [0.15, 0.2) is 24.3 Å². The van der Waals surface area contributed by atoms with Crippen molar-refractivity contribution < 1.29 is 172 Å². The molecule has 1 aromatic carbocycles. The minimum atomic E-state index is -1.53. The summed E-state index contributed by atoms with van der Waals surface area (Å²) in [5, 5.41) is 50.6. The van der Waals surface area contributed by atoms with E-state index in [2.05, 4.69) is 0 Å². The maximum atomic E-state index is 11.2. The van der Waals surface area contributed by atoms with E-state index in [1.807, 2.05) is 6.92 Å². The van der Waals surface area contributed by atoms with Gasteiger partial charge in [-0.05, 0) is 30.7 Å². The molecule has 17 heteroatoms. The van der Waals surface area contributed by atoms with Crippen LogP contribution in [0.1, 0.15) is 23.7 Å². The number of aliphatic carboxylic acids is 4. The molecule has 0 radical (unpaired) electrons. The number of nitrogens with zero attached hydrogens (tertiary/aromatic N) is 2. The molecule has 0 saturated carbocycles. The van der Waals surface area contributed by atoms with Gasteiger partial charge in [-0.1, -0.05) is 6.92 Å². The first kappa shape index (κ1) is 47.1. The Morgan fingerprint density at radius 1 is 0.703 bits per heavy atom. The average molecular weight is 560 g/mol. The van der Waals surface area contributed by atoms with E-state index in [0.29, 0.717) is 12.2 Å². The van der Waals surface area contributed by atoms with E-state index in [0.717, 1.165) is 16.2 Å². The molecular formula is C20H24N2Na4O11. The van der Waals surface area contributed by atoms with Crippen molar-refractivity contribution in [3.05, 3.63) is 29.8 Å². The van der Waals surface area contributed by atoms with Crippen molar-refractivity contribution >= 4 is 29.8 Å². The van der Waals surface area contributed by atoms with Crippen LogP contribution in [-0.2, 0) is 23.9 Å². The molecule has 0 aliphatic carbocycles. The fraction of sp³-hybridized carbons (Fsp3) is 0.450. The van der Waals surface area contributed by atoms with Crippen LogP contribution in [0.3, 0.4) is 0 Å². The monoisotopic (exact) mass is 560 g/mol. The van der Waals surface area contributed by atoms with Gasteiger partial charge in [0.15, 0.2) is 0 Å². The molecule has 184 valence electrons. The van der Waals surface area contributed by atoms with Crippen molar-refractivity contribution in [3.8, 4) is 5.75 Å². The molecule has 0 spiro atoms. The van der Waals surface area contributed by atoms with Crippen molar-refractivity contribution in [1.29, 1.82) is 0 Å².